The Morgan fingerprint density at radius 1 is 0.625 bits per heavy atom. The fourth-order valence-electron chi connectivity index (χ4n) is 4.20. The molecule has 4 aromatic carbocycles. The summed E-state index contributed by atoms with van der Waals surface area (Å²) in [5.41, 5.74) is 2.49. The van der Waals surface area contributed by atoms with E-state index in [-0.39, 0.29) is 7.43 Å². The molecule has 9 heteroatoms. The highest BCUT2D eigenvalue weighted by atomic mass is 79.9. The first-order valence-corrected chi connectivity index (χ1v) is 15.6. The van der Waals surface area contributed by atoms with Crippen molar-refractivity contribution in [3.05, 3.63) is 126 Å². The van der Waals surface area contributed by atoms with Gasteiger partial charge in [0.1, 0.15) is 0 Å². The van der Waals surface area contributed by atoms with E-state index in [1.165, 1.54) is 0 Å². The molecule has 0 saturated carbocycles. The van der Waals surface area contributed by atoms with Crippen molar-refractivity contribution in [2.24, 2.45) is 0 Å². The van der Waals surface area contributed by atoms with Crippen molar-refractivity contribution in [1.29, 1.82) is 0 Å². The molecular formula is C31H27BrN2O4S2. The fourth-order valence-corrected chi connectivity index (χ4v) is 7.45. The molecule has 0 aliphatic heterocycles. The molecule has 2 heterocycles. The number of benzene rings is 4. The number of H-pyrrole nitrogens is 2. The van der Waals surface area contributed by atoms with E-state index in [1.54, 1.807) is 79.1 Å². The van der Waals surface area contributed by atoms with Crippen LogP contribution in [0, 0.1) is 0 Å². The molecule has 0 bridgehead atoms. The van der Waals surface area contributed by atoms with E-state index in [9.17, 15) is 16.8 Å². The lowest BCUT2D eigenvalue weighted by Gasteiger charge is -2.03. The van der Waals surface area contributed by atoms with Crippen LogP contribution in [0.25, 0.3) is 27.9 Å². The zero-order chi connectivity index (χ0) is 27.6. The Balaban J connectivity index is 0.000000181. The van der Waals surface area contributed by atoms with Gasteiger partial charge in [-0.15, -0.1) is 0 Å². The number of halogens is 1. The van der Waals surface area contributed by atoms with Crippen LogP contribution in [0.15, 0.2) is 140 Å². The van der Waals surface area contributed by atoms with Gasteiger partial charge in [-0.3, -0.25) is 0 Å². The van der Waals surface area contributed by atoms with E-state index >= 15 is 0 Å². The lowest BCUT2D eigenvalue weighted by molar-refractivity contribution is 0.595. The maximum Gasteiger partial charge on any atom is 0.208 e. The summed E-state index contributed by atoms with van der Waals surface area (Å²) >= 11 is 3.37. The summed E-state index contributed by atoms with van der Waals surface area (Å²) in [5, 5.41) is 1.38. The van der Waals surface area contributed by atoms with Gasteiger partial charge in [0, 0.05) is 38.7 Å². The molecule has 2 N–H and O–H groups in total. The molecule has 0 amide bonds. The van der Waals surface area contributed by atoms with Gasteiger partial charge >= 0.3 is 0 Å². The highest BCUT2D eigenvalue weighted by molar-refractivity contribution is 9.10. The smallest absolute Gasteiger partial charge is 0.208 e. The van der Waals surface area contributed by atoms with Gasteiger partial charge in [0.25, 0.3) is 0 Å². The standard InChI is InChI=1S/C16H13NO2S.C14H10BrNO2S.CH4/c1-2-12-8-9-15-14(10-12)16(11-17-15)20(18,19)13-6-4-3-5-7-13;15-10-6-7-13-12(8-10)14(9-16-13)19(17,18)11-4-2-1-3-5-11;/h2-11,17H,1H2;1-9,16H;1H4. The molecule has 6 nitrogen and oxygen atoms in total. The summed E-state index contributed by atoms with van der Waals surface area (Å²) in [6, 6.07) is 28.0. The van der Waals surface area contributed by atoms with Gasteiger partial charge in [0.15, 0.2) is 0 Å². The van der Waals surface area contributed by atoms with Gasteiger partial charge in [-0.25, -0.2) is 16.8 Å². The average molecular weight is 636 g/mol. The molecule has 0 radical (unpaired) electrons. The monoisotopic (exact) mass is 634 g/mol. The molecule has 0 fully saturated rings. The van der Waals surface area contributed by atoms with Gasteiger partial charge in [-0.1, -0.05) is 78.5 Å². The summed E-state index contributed by atoms with van der Waals surface area (Å²) in [4.78, 5) is 7.19. The minimum Gasteiger partial charge on any atom is -0.360 e. The number of hydrogen-bond donors (Lipinski definition) is 2. The van der Waals surface area contributed by atoms with Crippen LogP contribution in [0.3, 0.4) is 0 Å². The minimum atomic E-state index is -3.51. The fraction of sp³-hybridized carbons (Fsp3) is 0.0323. The van der Waals surface area contributed by atoms with Crippen LogP contribution in [0.2, 0.25) is 0 Å². The summed E-state index contributed by atoms with van der Waals surface area (Å²) in [6.07, 6.45) is 4.78. The maximum atomic E-state index is 12.7. The summed E-state index contributed by atoms with van der Waals surface area (Å²) in [6.45, 7) is 3.71. The van der Waals surface area contributed by atoms with Crippen molar-refractivity contribution in [3.8, 4) is 0 Å². The molecule has 0 aliphatic carbocycles. The third-order valence-electron chi connectivity index (χ3n) is 6.20. The molecule has 204 valence electrons. The number of fused-ring (bicyclic) bond motifs is 2. The van der Waals surface area contributed by atoms with Crippen LogP contribution in [0.4, 0.5) is 0 Å². The minimum absolute atomic E-state index is 0. The zero-order valence-corrected chi connectivity index (χ0v) is 23.7. The lowest BCUT2D eigenvalue weighted by Crippen LogP contribution is -2.00. The maximum absolute atomic E-state index is 12.7. The quantitative estimate of drug-likeness (QED) is 0.200. The van der Waals surface area contributed by atoms with Crippen molar-refractivity contribution in [1.82, 2.24) is 9.97 Å². The summed E-state index contributed by atoms with van der Waals surface area (Å²) in [7, 11) is -7.00. The largest absolute Gasteiger partial charge is 0.360 e. The van der Waals surface area contributed by atoms with E-state index in [0.29, 0.717) is 30.4 Å². The van der Waals surface area contributed by atoms with Gasteiger partial charge < -0.3 is 9.97 Å². The van der Waals surface area contributed by atoms with Crippen LogP contribution >= 0.6 is 15.9 Å². The van der Waals surface area contributed by atoms with E-state index < -0.39 is 19.7 Å². The first kappa shape index (κ1) is 29.1. The number of sulfone groups is 2. The second-order valence-electron chi connectivity index (χ2n) is 8.64. The van der Waals surface area contributed by atoms with Crippen molar-refractivity contribution in [2.45, 2.75) is 27.0 Å². The van der Waals surface area contributed by atoms with Gasteiger partial charge in [-0.2, -0.15) is 0 Å². The molecule has 0 unspecified atom stereocenters. The van der Waals surface area contributed by atoms with Crippen LogP contribution in [0.1, 0.15) is 13.0 Å². The van der Waals surface area contributed by atoms with Crippen molar-refractivity contribution in [3.63, 3.8) is 0 Å². The highest BCUT2D eigenvalue weighted by Gasteiger charge is 2.22. The van der Waals surface area contributed by atoms with E-state index in [2.05, 4.69) is 32.5 Å². The molecule has 6 rings (SSSR count). The van der Waals surface area contributed by atoms with Crippen LogP contribution in [-0.4, -0.2) is 26.8 Å². The zero-order valence-electron chi connectivity index (χ0n) is 20.5. The molecule has 40 heavy (non-hydrogen) atoms. The molecular weight excluding hydrogens is 608 g/mol. The van der Waals surface area contributed by atoms with Crippen LogP contribution < -0.4 is 0 Å². The Labute approximate surface area is 242 Å². The van der Waals surface area contributed by atoms with Crippen LogP contribution in [0.5, 0.6) is 0 Å². The van der Waals surface area contributed by atoms with Gasteiger partial charge in [0.05, 0.1) is 19.6 Å². The molecule has 0 spiro atoms. The Morgan fingerprint density at radius 3 is 1.55 bits per heavy atom. The SMILES string of the molecule is C.C=Cc1ccc2[nH]cc(S(=O)(=O)c3ccccc3)c2c1.O=S(=O)(c1ccccc1)c1c[nH]c2ccc(Br)cc12. The molecule has 0 aliphatic rings. The van der Waals surface area contributed by atoms with Gasteiger partial charge in [-0.05, 0) is 60.2 Å². The van der Waals surface area contributed by atoms with E-state index in [0.717, 1.165) is 21.1 Å². The molecule has 6 aromatic rings. The van der Waals surface area contributed by atoms with E-state index in [1.807, 2.05) is 36.4 Å². The van der Waals surface area contributed by atoms with Crippen molar-refractivity contribution in [2.75, 3.05) is 0 Å². The number of aromatic nitrogens is 2. The van der Waals surface area contributed by atoms with E-state index in [4.69, 9.17) is 0 Å². The number of nitrogens with one attached hydrogen (secondary N) is 2. The first-order valence-electron chi connectivity index (χ1n) is 11.8. The summed E-state index contributed by atoms with van der Waals surface area (Å²) < 4.78 is 51.3. The second-order valence-corrected chi connectivity index (χ2v) is 13.4. The first-order chi connectivity index (χ1) is 18.7. The molecule has 0 atom stereocenters. The number of hydrogen-bond acceptors (Lipinski definition) is 4. The normalized spacial score (nSPS) is 11.4. The van der Waals surface area contributed by atoms with Crippen molar-refractivity contribution >= 4 is 63.5 Å². The number of rotatable bonds is 5. The predicted molar refractivity (Wildman–Crippen MR) is 165 cm³/mol. The number of aromatic amines is 2. The van der Waals surface area contributed by atoms with Gasteiger partial charge in [0.2, 0.25) is 19.7 Å². The lowest BCUT2D eigenvalue weighted by atomic mass is 10.1. The third-order valence-corrected chi connectivity index (χ3v) is 10.3. The Hall–Kier alpha value is -3.92. The Morgan fingerprint density at radius 2 is 1.07 bits per heavy atom. The topological polar surface area (TPSA) is 99.9 Å². The molecule has 0 saturated heterocycles. The Kier molecular flexibility index (Phi) is 8.48. The second kappa shape index (κ2) is 11.7. The third kappa shape index (κ3) is 5.54. The summed E-state index contributed by atoms with van der Waals surface area (Å²) in [5.74, 6) is 0. The molecule has 2 aromatic heterocycles. The average Bonchev–Trinajstić information content (AvgIpc) is 3.59. The van der Waals surface area contributed by atoms with Crippen LogP contribution in [-0.2, 0) is 19.7 Å². The highest BCUT2D eigenvalue weighted by Crippen LogP contribution is 2.31. The van der Waals surface area contributed by atoms with Crippen molar-refractivity contribution < 1.29 is 16.8 Å². The predicted octanol–water partition coefficient (Wildman–Crippen LogP) is 8.04. The Bertz CT molecular complexity index is 2010.